The maximum atomic E-state index is 13.4. The summed E-state index contributed by atoms with van der Waals surface area (Å²) in [5.41, 5.74) is 19.5. The number of benzene rings is 3. The number of anilines is 9. The minimum Gasteiger partial charge on any atom is -0.354 e. The number of nitrogens with one attached hydrogen (secondary N) is 6. The third-order valence-corrected chi connectivity index (χ3v) is 14.3. The number of aryl methyl sites for hydroxylation is 2. The molecule has 3 aromatic carbocycles. The van der Waals surface area contributed by atoms with E-state index >= 15 is 0 Å². The van der Waals surface area contributed by atoms with Crippen LogP contribution in [0, 0.1) is 19.7 Å². The van der Waals surface area contributed by atoms with E-state index in [1.54, 1.807) is 68.0 Å². The van der Waals surface area contributed by atoms with Crippen molar-refractivity contribution in [2.75, 3.05) is 38.4 Å². The smallest absolute Gasteiger partial charge is 0.223 e. The van der Waals surface area contributed by atoms with Gasteiger partial charge in [-0.25, -0.2) is 49.2 Å². The van der Waals surface area contributed by atoms with Gasteiger partial charge in [-0.1, -0.05) is 71.8 Å². The average Bonchev–Trinajstić information content (AvgIpc) is 2.40. The Labute approximate surface area is 488 Å². The fourth-order valence-corrected chi connectivity index (χ4v) is 10.3. The molecule has 0 fully saturated rings. The van der Waals surface area contributed by atoms with Gasteiger partial charge in [-0.2, -0.15) is 0 Å². The zero-order valence-corrected chi connectivity index (χ0v) is 46.1. The first kappa shape index (κ1) is 52.9. The van der Waals surface area contributed by atoms with Crippen LogP contribution in [-0.4, -0.2) is 66.4 Å². The molecule has 18 nitrogen and oxygen atoms in total. The maximum absolute atomic E-state index is 13.4. The summed E-state index contributed by atoms with van der Waals surface area (Å²) in [4.78, 5) is 54.1. The first-order valence-corrected chi connectivity index (χ1v) is 27.5. The number of nitrogens with zero attached hydrogens (tertiary/aromatic N) is 12. The lowest BCUT2D eigenvalue weighted by Crippen LogP contribution is -2.09. The van der Waals surface area contributed by atoms with E-state index in [4.69, 9.17) is 15.0 Å². The summed E-state index contributed by atoms with van der Waals surface area (Å²) in [5, 5.41) is 20.0. The van der Waals surface area contributed by atoms with E-state index in [1.807, 2.05) is 73.1 Å². The Bertz CT molecular complexity index is 4240. The molecule has 414 valence electrons. The summed E-state index contributed by atoms with van der Waals surface area (Å²) < 4.78 is 13.4. The highest BCUT2D eigenvalue weighted by molar-refractivity contribution is 5.98. The zero-order chi connectivity index (χ0) is 57.5. The Hall–Kier alpha value is -11.5. The van der Waals surface area contributed by atoms with Crippen LogP contribution in [0.4, 0.5) is 56.8 Å². The van der Waals surface area contributed by atoms with Crippen LogP contribution in [0.5, 0.6) is 0 Å². The third-order valence-electron chi connectivity index (χ3n) is 14.3. The summed E-state index contributed by atoms with van der Waals surface area (Å²) in [6, 6.07) is 41.0. The number of fused-ring (bicyclic) bond motifs is 15. The van der Waals surface area contributed by atoms with Crippen molar-refractivity contribution in [1.29, 1.82) is 0 Å². The molecule has 0 atom stereocenters. The molecule has 0 unspecified atom stereocenters. The Morgan fingerprint density at radius 2 is 0.765 bits per heavy atom. The maximum Gasteiger partial charge on any atom is 0.223 e. The molecule has 0 spiro atoms. The molecule has 15 rings (SSSR count). The summed E-state index contributed by atoms with van der Waals surface area (Å²) in [6.07, 6.45) is 22.4. The second kappa shape index (κ2) is 23.9. The summed E-state index contributed by atoms with van der Waals surface area (Å²) >= 11 is 0. The van der Waals surface area contributed by atoms with Crippen LogP contribution in [-0.2, 0) is 19.5 Å². The molecule has 0 saturated carbocycles. The molecule has 6 N–H and O–H groups in total. The monoisotopic (exact) mass is 1120 g/mol. The van der Waals surface area contributed by atoms with Gasteiger partial charge >= 0.3 is 0 Å². The standard InChI is InChI=1S/C23H20N6.C22H18N6.C21H15FN6/c1-15-4-2-5-16(12-15)7-11-26-23-27-13-19-17-8-10-24-14-20(17)28-22-18(21(19)29-23)6-3-9-25-22;1-14-4-2-5-15(10-14)11-25-22-26-12-18-16-7-9-23-13-19(16)27-21-17(20(18)28-22)6-3-8-24-21;22-14-4-1-3-13(9-14)10-25-21-26-11-17-15-6-8-23-12-18(15)27-20-16(19(17)28-21)5-2-7-24-20/h2-6,8-10,12-14H,7,11H2,1H3,(H,25,28)(H,26,27,29);2-10,12-13H,11H2,1H3,(H,24,27)(H,25,26,28);1-9,11-12H,10H2,(H,24,27)(H,25,26,28). The summed E-state index contributed by atoms with van der Waals surface area (Å²) in [7, 11) is 0. The highest BCUT2D eigenvalue weighted by Gasteiger charge is 2.25. The lowest BCUT2D eigenvalue weighted by Gasteiger charge is -2.11. The number of rotatable bonds is 10. The van der Waals surface area contributed by atoms with Crippen molar-refractivity contribution in [3.63, 3.8) is 0 Å². The van der Waals surface area contributed by atoms with Crippen molar-refractivity contribution in [3.05, 3.63) is 235 Å². The molecular weight excluding hydrogens is 1060 g/mol. The van der Waals surface area contributed by atoms with Crippen LogP contribution in [0.2, 0.25) is 0 Å². The summed E-state index contributed by atoms with van der Waals surface area (Å²) in [6.45, 7) is 6.06. The lowest BCUT2D eigenvalue weighted by atomic mass is 10.0. The third kappa shape index (κ3) is 11.7. The van der Waals surface area contributed by atoms with Gasteiger partial charge in [0.15, 0.2) is 0 Å². The number of hydrogen-bond acceptors (Lipinski definition) is 18. The number of hydrogen-bond donors (Lipinski definition) is 6. The molecule has 0 saturated heterocycles. The number of pyridine rings is 6. The van der Waals surface area contributed by atoms with Gasteiger partial charge in [-0.3, -0.25) is 15.0 Å². The van der Waals surface area contributed by atoms with Crippen LogP contribution in [0.25, 0.3) is 67.2 Å². The van der Waals surface area contributed by atoms with Crippen molar-refractivity contribution in [1.82, 2.24) is 59.8 Å². The van der Waals surface area contributed by atoms with E-state index < -0.39 is 0 Å². The van der Waals surface area contributed by atoms with E-state index in [-0.39, 0.29) is 5.82 Å². The summed E-state index contributed by atoms with van der Waals surface area (Å²) in [5.74, 6) is 3.65. The van der Waals surface area contributed by atoms with E-state index in [0.29, 0.717) is 36.8 Å². The van der Waals surface area contributed by atoms with Crippen molar-refractivity contribution in [2.24, 2.45) is 0 Å². The quantitative estimate of drug-likeness (QED) is 0.0748. The van der Waals surface area contributed by atoms with E-state index in [1.165, 1.54) is 34.4 Å². The number of aromatic nitrogens is 12. The normalized spacial score (nSPS) is 11.5. The topological polar surface area (TPSA) is 227 Å². The molecular formula is C66H53FN18. The number of halogens is 1. The molecule has 9 aromatic heterocycles. The molecule has 3 aliphatic heterocycles. The van der Waals surface area contributed by atoms with Gasteiger partial charge in [0, 0.05) is 125 Å². The van der Waals surface area contributed by atoms with Gasteiger partial charge in [0.1, 0.15) is 23.3 Å². The van der Waals surface area contributed by atoms with Gasteiger partial charge in [0.25, 0.3) is 0 Å². The van der Waals surface area contributed by atoms with Crippen LogP contribution in [0.1, 0.15) is 27.8 Å². The first-order valence-electron chi connectivity index (χ1n) is 27.5. The predicted molar refractivity (Wildman–Crippen MR) is 331 cm³/mol. The van der Waals surface area contributed by atoms with E-state index in [2.05, 4.69) is 139 Å². The minimum atomic E-state index is -0.265. The van der Waals surface area contributed by atoms with Gasteiger partial charge in [0.05, 0.1) is 52.7 Å². The predicted octanol–water partition coefficient (Wildman–Crippen LogP) is 13.6. The zero-order valence-electron chi connectivity index (χ0n) is 46.1. The van der Waals surface area contributed by atoms with Gasteiger partial charge in [-0.05, 0) is 104 Å². The van der Waals surface area contributed by atoms with E-state index in [9.17, 15) is 4.39 Å². The molecule has 12 aromatic rings. The lowest BCUT2D eigenvalue weighted by molar-refractivity contribution is 0.626. The minimum absolute atomic E-state index is 0.265. The second-order valence-electron chi connectivity index (χ2n) is 20.2. The molecule has 85 heavy (non-hydrogen) atoms. The second-order valence-corrected chi connectivity index (χ2v) is 20.2. The Balaban J connectivity index is 0.000000119. The Kier molecular flexibility index (Phi) is 14.9. The Morgan fingerprint density at radius 1 is 0.365 bits per heavy atom. The molecule has 0 bridgehead atoms. The average molecular weight is 1120 g/mol. The van der Waals surface area contributed by atoms with Gasteiger partial charge in [0.2, 0.25) is 17.8 Å². The Morgan fingerprint density at radius 3 is 1.20 bits per heavy atom. The molecule has 19 heteroatoms. The molecule has 3 aliphatic rings. The van der Waals surface area contributed by atoms with Crippen molar-refractivity contribution >= 4 is 52.4 Å². The molecule has 0 aliphatic carbocycles. The highest BCUT2D eigenvalue weighted by atomic mass is 19.1. The molecule has 0 radical (unpaired) electrons. The largest absolute Gasteiger partial charge is 0.354 e. The fourth-order valence-electron chi connectivity index (χ4n) is 10.3. The first-order chi connectivity index (χ1) is 41.8. The van der Waals surface area contributed by atoms with Crippen LogP contribution < -0.4 is 31.9 Å². The molecule has 12 heterocycles. The van der Waals surface area contributed by atoms with Crippen molar-refractivity contribution < 1.29 is 4.39 Å². The van der Waals surface area contributed by atoms with Crippen LogP contribution >= 0.6 is 0 Å². The van der Waals surface area contributed by atoms with Crippen LogP contribution in [0.15, 0.2) is 202 Å². The van der Waals surface area contributed by atoms with E-state index in [0.717, 1.165) is 114 Å². The van der Waals surface area contributed by atoms with Gasteiger partial charge in [-0.15, -0.1) is 0 Å². The van der Waals surface area contributed by atoms with Crippen molar-refractivity contribution in [3.8, 4) is 67.2 Å². The SMILES string of the molecule is Cc1cccc(CCNc2ncc3c(n2)-c2cccnc2Nc2cnccc2-3)c1.Cc1cccc(CNc2ncc3c(n2)-c2cccnc2Nc2cnccc2-3)c1.Fc1cccc(CNc2ncc3c(n2)-c2cccnc2Nc2cnccc2-3)c1. The fraction of sp³-hybridized carbons (Fsp3) is 0.0909. The molecule has 0 amide bonds. The highest BCUT2D eigenvalue weighted by Crippen LogP contribution is 2.45. The van der Waals surface area contributed by atoms with Crippen molar-refractivity contribution in [2.45, 2.75) is 33.4 Å². The van der Waals surface area contributed by atoms with Gasteiger partial charge < -0.3 is 31.9 Å². The van der Waals surface area contributed by atoms with Crippen LogP contribution in [0.3, 0.4) is 0 Å².